The van der Waals surface area contributed by atoms with E-state index in [9.17, 15) is 9.28 Å². The van der Waals surface area contributed by atoms with Gasteiger partial charge in [0, 0.05) is 5.39 Å². The van der Waals surface area contributed by atoms with E-state index >= 15 is 0 Å². The topological polar surface area (TPSA) is 48.0 Å². The van der Waals surface area contributed by atoms with E-state index in [1.807, 2.05) is 13.0 Å². The predicted molar refractivity (Wildman–Crippen MR) is 51.7 cm³/mol. The van der Waals surface area contributed by atoms with Crippen molar-refractivity contribution < 1.29 is 9.28 Å². The van der Waals surface area contributed by atoms with E-state index in [4.69, 9.17) is 5.73 Å². The zero-order valence-electron chi connectivity index (χ0n) is 7.62. The zero-order valence-corrected chi connectivity index (χ0v) is 7.62. The number of carbonyl (C=O) groups is 1. The van der Waals surface area contributed by atoms with Crippen LogP contribution in [0.2, 0.25) is 0 Å². The molecule has 1 aromatic heterocycles. The Hall–Kier alpha value is -1.84. The molecule has 0 aliphatic carbocycles. The summed E-state index contributed by atoms with van der Waals surface area (Å²) in [7, 11) is 0. The van der Waals surface area contributed by atoms with Crippen molar-refractivity contribution >= 4 is 16.8 Å². The van der Waals surface area contributed by atoms with Crippen LogP contribution in [0.5, 0.6) is 0 Å². The van der Waals surface area contributed by atoms with Gasteiger partial charge in [0.25, 0.3) is 5.91 Å². The lowest BCUT2D eigenvalue weighted by atomic mass is 10.1. The molecular formula is C10H9FN2O. The first-order valence-corrected chi connectivity index (χ1v) is 4.18. The maximum atomic E-state index is 13.5. The molecule has 14 heavy (non-hydrogen) atoms. The summed E-state index contributed by atoms with van der Waals surface area (Å²) >= 11 is 0. The number of hydrogen-bond acceptors (Lipinski definition) is 1. The van der Waals surface area contributed by atoms with Crippen LogP contribution in [0.15, 0.2) is 24.3 Å². The van der Waals surface area contributed by atoms with Gasteiger partial charge in [0.15, 0.2) is 0 Å². The van der Waals surface area contributed by atoms with Gasteiger partial charge < -0.3 is 5.73 Å². The molecular weight excluding hydrogens is 183 g/mol. The number of nitrogens with two attached hydrogens (primary N) is 1. The SMILES string of the molecule is Cc1cccc2c1cc(C(N)=O)n2F. The average molecular weight is 192 g/mol. The van der Waals surface area contributed by atoms with E-state index in [1.165, 1.54) is 6.07 Å². The van der Waals surface area contributed by atoms with E-state index in [1.54, 1.807) is 12.1 Å². The fourth-order valence-corrected chi connectivity index (χ4v) is 1.52. The number of rotatable bonds is 1. The minimum absolute atomic E-state index is 0.116. The van der Waals surface area contributed by atoms with Gasteiger partial charge in [-0.1, -0.05) is 16.6 Å². The van der Waals surface area contributed by atoms with Crippen molar-refractivity contribution in [2.45, 2.75) is 6.92 Å². The number of benzene rings is 1. The summed E-state index contributed by atoms with van der Waals surface area (Å²) in [6, 6.07) is 6.66. The molecule has 0 radical (unpaired) electrons. The van der Waals surface area contributed by atoms with Gasteiger partial charge in [0.2, 0.25) is 0 Å². The fourth-order valence-electron chi connectivity index (χ4n) is 1.52. The van der Waals surface area contributed by atoms with E-state index in [0.29, 0.717) is 15.7 Å². The Bertz CT molecular complexity index is 516. The summed E-state index contributed by atoms with van der Waals surface area (Å²) in [6.07, 6.45) is 0. The third-order valence-electron chi connectivity index (χ3n) is 2.26. The molecule has 0 saturated carbocycles. The molecule has 2 N–H and O–H groups in total. The minimum atomic E-state index is -0.761. The number of nitrogens with zero attached hydrogens (tertiary/aromatic N) is 1. The van der Waals surface area contributed by atoms with Crippen molar-refractivity contribution in [2.24, 2.45) is 5.73 Å². The van der Waals surface area contributed by atoms with Crippen LogP contribution in [0.3, 0.4) is 0 Å². The third-order valence-corrected chi connectivity index (χ3v) is 2.26. The quantitative estimate of drug-likeness (QED) is 0.735. The lowest BCUT2D eigenvalue weighted by Crippen LogP contribution is -2.13. The summed E-state index contributed by atoms with van der Waals surface area (Å²) in [5.41, 5.74) is 6.20. The molecule has 0 aliphatic rings. The number of fused-ring (bicyclic) bond motifs is 1. The largest absolute Gasteiger partial charge is 0.364 e. The first-order valence-electron chi connectivity index (χ1n) is 4.18. The van der Waals surface area contributed by atoms with Gasteiger partial charge >= 0.3 is 0 Å². The van der Waals surface area contributed by atoms with Crippen LogP contribution in [-0.2, 0) is 0 Å². The molecule has 0 saturated heterocycles. The average Bonchev–Trinajstić information content (AvgIpc) is 2.46. The van der Waals surface area contributed by atoms with Crippen molar-refractivity contribution in [3.63, 3.8) is 0 Å². The second-order valence-corrected chi connectivity index (χ2v) is 3.18. The van der Waals surface area contributed by atoms with Gasteiger partial charge in [0.1, 0.15) is 5.69 Å². The van der Waals surface area contributed by atoms with Crippen molar-refractivity contribution in [1.29, 1.82) is 0 Å². The van der Waals surface area contributed by atoms with Gasteiger partial charge in [-0.05, 0) is 24.6 Å². The number of aromatic nitrogens is 1. The highest BCUT2D eigenvalue weighted by Gasteiger charge is 2.13. The first kappa shape index (κ1) is 8.74. The Morgan fingerprint density at radius 1 is 1.50 bits per heavy atom. The Morgan fingerprint density at radius 2 is 2.21 bits per heavy atom. The minimum Gasteiger partial charge on any atom is -0.364 e. The first-order chi connectivity index (χ1) is 6.61. The molecule has 0 bridgehead atoms. The highest BCUT2D eigenvalue weighted by molar-refractivity contribution is 5.98. The molecule has 1 amide bonds. The van der Waals surface area contributed by atoms with Crippen LogP contribution >= 0.6 is 0 Å². The predicted octanol–water partition coefficient (Wildman–Crippen LogP) is 1.78. The molecule has 1 heterocycles. The Morgan fingerprint density at radius 3 is 2.79 bits per heavy atom. The molecule has 2 aromatic rings. The number of aryl methyl sites for hydroxylation is 1. The fraction of sp³-hybridized carbons (Fsp3) is 0.100. The molecule has 0 aliphatic heterocycles. The van der Waals surface area contributed by atoms with Gasteiger partial charge in [-0.15, -0.1) is 0 Å². The Labute approximate surface area is 79.9 Å². The van der Waals surface area contributed by atoms with Crippen molar-refractivity contribution in [1.82, 2.24) is 4.79 Å². The van der Waals surface area contributed by atoms with Gasteiger partial charge in [-0.25, -0.2) is 0 Å². The number of halogens is 1. The van der Waals surface area contributed by atoms with Crippen molar-refractivity contribution in [3.8, 4) is 0 Å². The van der Waals surface area contributed by atoms with Crippen LogP contribution < -0.4 is 5.73 Å². The lowest BCUT2D eigenvalue weighted by molar-refractivity contribution is 0.0983. The summed E-state index contributed by atoms with van der Waals surface area (Å²) < 4.78 is 13.5. The van der Waals surface area contributed by atoms with Crippen molar-refractivity contribution in [2.75, 3.05) is 0 Å². The molecule has 3 nitrogen and oxygen atoms in total. The standard InChI is InChI=1S/C10H9FN2O/c1-6-3-2-4-8-7(6)5-9(10(12)14)13(8)11/h2-5H,1H3,(H2,12,14). The number of carbonyl (C=O) groups excluding carboxylic acids is 1. The number of primary amides is 1. The summed E-state index contributed by atoms with van der Waals surface area (Å²) in [6.45, 7) is 1.85. The monoisotopic (exact) mass is 192 g/mol. The molecule has 0 unspecified atom stereocenters. The summed E-state index contributed by atoms with van der Waals surface area (Å²) in [5, 5.41) is 0.712. The second-order valence-electron chi connectivity index (χ2n) is 3.18. The summed E-state index contributed by atoms with van der Waals surface area (Å²) in [4.78, 5) is 11.2. The van der Waals surface area contributed by atoms with Crippen molar-refractivity contribution in [3.05, 3.63) is 35.5 Å². The maximum absolute atomic E-state index is 13.5. The van der Waals surface area contributed by atoms with Gasteiger partial charge in [-0.2, -0.15) is 4.79 Å². The van der Waals surface area contributed by atoms with E-state index in [0.717, 1.165) is 5.56 Å². The smallest absolute Gasteiger partial charge is 0.268 e. The molecule has 4 heteroatoms. The van der Waals surface area contributed by atoms with Gasteiger partial charge in [0.05, 0.1) is 5.52 Å². The van der Waals surface area contributed by atoms with Crippen LogP contribution in [0.4, 0.5) is 4.48 Å². The Balaban J connectivity index is 2.86. The Kier molecular flexibility index (Phi) is 1.77. The van der Waals surface area contributed by atoms with Crippen LogP contribution in [0, 0.1) is 6.92 Å². The van der Waals surface area contributed by atoms with E-state index < -0.39 is 5.91 Å². The van der Waals surface area contributed by atoms with Crippen LogP contribution in [0.25, 0.3) is 10.9 Å². The number of hydrogen-bond donors (Lipinski definition) is 1. The van der Waals surface area contributed by atoms with E-state index in [-0.39, 0.29) is 5.69 Å². The van der Waals surface area contributed by atoms with Crippen LogP contribution in [0.1, 0.15) is 16.1 Å². The van der Waals surface area contributed by atoms with Crippen LogP contribution in [-0.4, -0.2) is 10.7 Å². The normalized spacial score (nSPS) is 10.7. The second kappa shape index (κ2) is 2.83. The number of amides is 1. The molecule has 2 rings (SSSR count). The summed E-state index contributed by atoms with van der Waals surface area (Å²) in [5.74, 6) is -0.761. The molecule has 72 valence electrons. The highest BCUT2D eigenvalue weighted by atomic mass is 19.2. The zero-order chi connectivity index (χ0) is 10.3. The molecule has 0 spiro atoms. The molecule has 0 atom stereocenters. The maximum Gasteiger partial charge on any atom is 0.268 e. The molecule has 0 fully saturated rings. The highest BCUT2D eigenvalue weighted by Crippen LogP contribution is 2.22. The third kappa shape index (κ3) is 1.08. The molecule has 1 aromatic carbocycles. The van der Waals surface area contributed by atoms with Gasteiger partial charge in [-0.3, -0.25) is 4.79 Å². The lowest BCUT2D eigenvalue weighted by Gasteiger charge is -1.95. The van der Waals surface area contributed by atoms with E-state index in [2.05, 4.69) is 0 Å².